The third-order valence-electron chi connectivity index (χ3n) is 2.21. The van der Waals surface area contributed by atoms with Crippen molar-refractivity contribution < 1.29 is 4.79 Å². The van der Waals surface area contributed by atoms with Crippen LogP contribution in [0.2, 0.25) is 0 Å². The predicted molar refractivity (Wildman–Crippen MR) is 55.5 cm³/mol. The Morgan fingerprint density at radius 2 is 2.00 bits per heavy atom. The summed E-state index contributed by atoms with van der Waals surface area (Å²) < 4.78 is 0. The average molecular weight is 178 g/mol. The van der Waals surface area contributed by atoms with Crippen molar-refractivity contribution in [2.24, 2.45) is 5.41 Å². The lowest BCUT2D eigenvalue weighted by molar-refractivity contribution is -0.113. The Bertz CT molecular complexity index is 251. The van der Waals surface area contributed by atoms with E-state index in [0.29, 0.717) is 11.8 Å². The second-order valence-electron chi connectivity index (χ2n) is 4.84. The van der Waals surface area contributed by atoms with E-state index in [9.17, 15) is 4.79 Å². The van der Waals surface area contributed by atoms with Gasteiger partial charge in [-0.1, -0.05) is 38.5 Å². The van der Waals surface area contributed by atoms with Crippen LogP contribution in [0.4, 0.5) is 0 Å². The third kappa shape index (κ3) is 4.07. The van der Waals surface area contributed by atoms with Gasteiger partial charge in [0, 0.05) is 6.42 Å². The molecular weight excluding hydrogens is 160 g/mol. The van der Waals surface area contributed by atoms with E-state index in [1.54, 1.807) is 6.08 Å². The molecule has 1 heteroatoms. The Labute approximate surface area is 80.5 Å². The van der Waals surface area contributed by atoms with E-state index in [1.165, 1.54) is 12.0 Å². The van der Waals surface area contributed by atoms with Gasteiger partial charge in [-0.15, -0.1) is 0 Å². The highest BCUT2D eigenvalue weighted by Crippen LogP contribution is 2.24. The van der Waals surface area contributed by atoms with Crippen LogP contribution in [0.5, 0.6) is 0 Å². The molecule has 0 saturated heterocycles. The summed E-state index contributed by atoms with van der Waals surface area (Å²) in [6.45, 7) is 6.72. The Hall–Kier alpha value is -0.850. The number of hydrogen-bond donors (Lipinski definition) is 0. The summed E-state index contributed by atoms with van der Waals surface area (Å²) in [5.41, 5.74) is 1.70. The van der Waals surface area contributed by atoms with Gasteiger partial charge in [0.1, 0.15) is 0 Å². The molecule has 0 bridgehead atoms. The maximum Gasteiger partial charge on any atom is 0.159 e. The van der Waals surface area contributed by atoms with Gasteiger partial charge in [0.05, 0.1) is 0 Å². The first-order valence-corrected chi connectivity index (χ1v) is 4.87. The fraction of sp³-hybridized carbons (Fsp3) is 0.583. The van der Waals surface area contributed by atoms with Crippen LogP contribution in [0.3, 0.4) is 0 Å². The highest BCUT2D eigenvalue weighted by Gasteiger charge is 2.11. The van der Waals surface area contributed by atoms with Crippen molar-refractivity contribution in [3.8, 4) is 0 Å². The molecule has 0 heterocycles. The van der Waals surface area contributed by atoms with E-state index < -0.39 is 0 Å². The topological polar surface area (TPSA) is 17.1 Å². The van der Waals surface area contributed by atoms with Crippen molar-refractivity contribution in [3.63, 3.8) is 0 Å². The molecule has 1 nitrogen and oxygen atoms in total. The van der Waals surface area contributed by atoms with Crippen LogP contribution in [0.15, 0.2) is 23.8 Å². The summed E-state index contributed by atoms with van der Waals surface area (Å²) >= 11 is 0. The fourth-order valence-corrected chi connectivity index (χ4v) is 1.27. The minimum Gasteiger partial charge on any atom is -0.295 e. The summed E-state index contributed by atoms with van der Waals surface area (Å²) in [6.07, 6.45) is 8.56. The minimum atomic E-state index is 0.222. The standard InChI is InChI=1S/C12H18O/c1-12(2,3)9-8-10-4-6-11(13)7-5-10/h4-6H,7-9H2,1-3H3. The first-order valence-electron chi connectivity index (χ1n) is 4.87. The number of carbonyl (C=O) groups excluding carboxylic acids is 1. The van der Waals surface area contributed by atoms with Crippen LogP contribution in [0.25, 0.3) is 0 Å². The molecule has 72 valence electrons. The van der Waals surface area contributed by atoms with Gasteiger partial charge in [-0.2, -0.15) is 0 Å². The molecule has 0 fully saturated rings. The van der Waals surface area contributed by atoms with Crippen molar-refractivity contribution >= 4 is 5.78 Å². The molecule has 0 N–H and O–H groups in total. The van der Waals surface area contributed by atoms with Crippen LogP contribution in [-0.4, -0.2) is 5.78 Å². The lowest BCUT2D eigenvalue weighted by Crippen LogP contribution is -2.05. The van der Waals surface area contributed by atoms with Crippen molar-refractivity contribution in [1.82, 2.24) is 0 Å². The zero-order valence-corrected chi connectivity index (χ0v) is 8.76. The quantitative estimate of drug-likeness (QED) is 0.634. The summed E-state index contributed by atoms with van der Waals surface area (Å²) in [7, 11) is 0. The number of carbonyl (C=O) groups is 1. The Morgan fingerprint density at radius 3 is 2.46 bits per heavy atom. The molecule has 0 aliphatic heterocycles. The van der Waals surface area contributed by atoms with Crippen LogP contribution < -0.4 is 0 Å². The molecule has 13 heavy (non-hydrogen) atoms. The first-order chi connectivity index (χ1) is 5.97. The lowest BCUT2D eigenvalue weighted by Gasteiger charge is -2.18. The van der Waals surface area contributed by atoms with Gasteiger partial charge in [-0.25, -0.2) is 0 Å². The van der Waals surface area contributed by atoms with Gasteiger partial charge in [-0.3, -0.25) is 4.79 Å². The normalized spacial score (nSPS) is 17.5. The van der Waals surface area contributed by atoms with Gasteiger partial charge >= 0.3 is 0 Å². The number of hydrogen-bond acceptors (Lipinski definition) is 1. The van der Waals surface area contributed by atoms with E-state index in [0.717, 1.165) is 6.42 Å². The monoisotopic (exact) mass is 178 g/mol. The minimum absolute atomic E-state index is 0.222. The molecule has 1 aliphatic carbocycles. The van der Waals surface area contributed by atoms with E-state index in [2.05, 4.69) is 20.8 Å². The number of allylic oxidation sites excluding steroid dienone is 4. The zero-order chi connectivity index (χ0) is 9.90. The predicted octanol–water partition coefficient (Wildman–Crippen LogP) is 3.27. The molecule has 0 atom stereocenters. The highest BCUT2D eigenvalue weighted by molar-refractivity contribution is 5.92. The first kappa shape index (κ1) is 10.2. The number of ketones is 1. The van der Waals surface area contributed by atoms with Crippen molar-refractivity contribution in [3.05, 3.63) is 23.8 Å². The summed E-state index contributed by atoms with van der Waals surface area (Å²) in [5, 5.41) is 0. The Balaban J connectivity index is 2.40. The van der Waals surface area contributed by atoms with E-state index in [1.807, 2.05) is 12.2 Å². The maximum absolute atomic E-state index is 10.9. The van der Waals surface area contributed by atoms with Gasteiger partial charge in [0.2, 0.25) is 0 Å². The zero-order valence-electron chi connectivity index (χ0n) is 8.76. The molecule has 0 saturated carbocycles. The molecule has 0 aromatic rings. The molecule has 0 radical (unpaired) electrons. The molecule has 0 spiro atoms. The SMILES string of the molecule is CC(C)(C)CCC1=CCC(=O)C=C1. The van der Waals surface area contributed by atoms with Crippen molar-refractivity contribution in [2.75, 3.05) is 0 Å². The smallest absolute Gasteiger partial charge is 0.159 e. The van der Waals surface area contributed by atoms with Crippen LogP contribution in [0.1, 0.15) is 40.0 Å². The third-order valence-corrected chi connectivity index (χ3v) is 2.21. The molecule has 0 aromatic heterocycles. The number of rotatable bonds is 2. The second kappa shape index (κ2) is 3.91. The second-order valence-corrected chi connectivity index (χ2v) is 4.84. The largest absolute Gasteiger partial charge is 0.295 e. The van der Waals surface area contributed by atoms with Crippen molar-refractivity contribution in [1.29, 1.82) is 0 Å². The van der Waals surface area contributed by atoms with Crippen LogP contribution in [-0.2, 0) is 4.79 Å². The van der Waals surface area contributed by atoms with Crippen LogP contribution in [0, 0.1) is 5.41 Å². The van der Waals surface area contributed by atoms with E-state index in [4.69, 9.17) is 0 Å². The van der Waals surface area contributed by atoms with Gasteiger partial charge in [0.15, 0.2) is 5.78 Å². The summed E-state index contributed by atoms with van der Waals surface area (Å²) in [4.78, 5) is 10.9. The molecule has 1 rings (SSSR count). The fourth-order valence-electron chi connectivity index (χ4n) is 1.27. The summed E-state index contributed by atoms with van der Waals surface area (Å²) in [6, 6.07) is 0. The van der Waals surface area contributed by atoms with E-state index >= 15 is 0 Å². The molecule has 0 amide bonds. The van der Waals surface area contributed by atoms with Crippen molar-refractivity contribution in [2.45, 2.75) is 40.0 Å². The summed E-state index contributed by atoms with van der Waals surface area (Å²) in [5.74, 6) is 0.222. The van der Waals surface area contributed by atoms with Crippen LogP contribution >= 0.6 is 0 Å². The Kier molecular flexibility index (Phi) is 3.07. The maximum atomic E-state index is 10.9. The van der Waals surface area contributed by atoms with E-state index in [-0.39, 0.29) is 5.78 Å². The van der Waals surface area contributed by atoms with Gasteiger partial charge in [0.25, 0.3) is 0 Å². The average Bonchev–Trinajstić information content (AvgIpc) is 2.02. The highest BCUT2D eigenvalue weighted by atomic mass is 16.1. The molecule has 0 unspecified atom stereocenters. The van der Waals surface area contributed by atoms with Gasteiger partial charge in [-0.05, 0) is 24.3 Å². The Morgan fingerprint density at radius 1 is 1.31 bits per heavy atom. The lowest BCUT2D eigenvalue weighted by atomic mass is 9.87. The molecule has 0 aromatic carbocycles. The molecule has 1 aliphatic rings. The molecular formula is C12H18O. The van der Waals surface area contributed by atoms with Gasteiger partial charge < -0.3 is 0 Å².